The van der Waals surface area contributed by atoms with Crippen LogP contribution in [-0.4, -0.2) is 15.0 Å². The van der Waals surface area contributed by atoms with Crippen molar-refractivity contribution in [3.8, 4) is 56.2 Å². The van der Waals surface area contributed by atoms with Crippen molar-refractivity contribution in [2.24, 2.45) is 0 Å². The van der Waals surface area contributed by atoms with Gasteiger partial charge in [-0.1, -0.05) is 97.1 Å². The molecule has 0 bridgehead atoms. The van der Waals surface area contributed by atoms with E-state index in [0.29, 0.717) is 5.82 Å². The number of benzene rings is 6. The summed E-state index contributed by atoms with van der Waals surface area (Å²) in [4.78, 5) is 15.0. The first-order chi connectivity index (χ1) is 24.7. The van der Waals surface area contributed by atoms with Gasteiger partial charge in [-0.3, -0.25) is 4.98 Å². The van der Waals surface area contributed by atoms with Crippen LogP contribution in [-0.2, 0) is 0 Å². The molecule has 0 spiro atoms. The fourth-order valence-corrected chi connectivity index (χ4v) is 6.90. The fourth-order valence-electron chi connectivity index (χ4n) is 6.90. The van der Waals surface area contributed by atoms with Gasteiger partial charge in [-0.15, -0.1) is 0 Å². The minimum Gasteiger partial charge on any atom is -0.456 e. The van der Waals surface area contributed by atoms with Gasteiger partial charge < -0.3 is 8.83 Å². The van der Waals surface area contributed by atoms with E-state index in [-0.39, 0.29) is 0 Å². The minimum atomic E-state index is 0.670. The molecular formula is C45H27N3O2. The lowest BCUT2D eigenvalue weighted by Crippen LogP contribution is -1.96. The van der Waals surface area contributed by atoms with E-state index in [4.69, 9.17) is 23.8 Å². The van der Waals surface area contributed by atoms with Gasteiger partial charge in [-0.25, -0.2) is 9.97 Å². The first-order valence-corrected chi connectivity index (χ1v) is 16.6. The summed E-state index contributed by atoms with van der Waals surface area (Å²) in [7, 11) is 0. The molecule has 10 aromatic rings. The standard InChI is InChI=1S/C45H27N3O2/c1-3-11-28(12-4-1)38-27-39(48-45(47-38)29-13-5-2-6-14-29)33-24-31(30-19-20-42-37(26-30)35-15-7-9-17-40(35)49-42)23-32(25-33)34-21-22-46-43-36-16-8-10-18-41(36)50-44(34)43/h1-27H. The second-order valence-electron chi connectivity index (χ2n) is 12.4. The van der Waals surface area contributed by atoms with E-state index >= 15 is 0 Å². The molecular weight excluding hydrogens is 615 g/mol. The first-order valence-electron chi connectivity index (χ1n) is 16.6. The summed E-state index contributed by atoms with van der Waals surface area (Å²) in [5.41, 5.74) is 12.9. The molecule has 4 aromatic heterocycles. The lowest BCUT2D eigenvalue weighted by molar-refractivity contribution is 0.668. The van der Waals surface area contributed by atoms with Crippen molar-refractivity contribution in [2.75, 3.05) is 0 Å². The van der Waals surface area contributed by atoms with Crippen molar-refractivity contribution < 1.29 is 8.83 Å². The SMILES string of the molecule is c1ccc(-c2cc(-c3cc(-c4ccc5oc6ccccc6c5c4)cc(-c4ccnc5c4oc4ccccc45)c3)nc(-c3ccccc3)n2)cc1. The summed E-state index contributed by atoms with van der Waals surface area (Å²) in [6.07, 6.45) is 1.86. The van der Waals surface area contributed by atoms with Crippen LogP contribution in [0.3, 0.4) is 0 Å². The third-order valence-corrected chi connectivity index (χ3v) is 9.34. The highest BCUT2D eigenvalue weighted by atomic mass is 16.3. The number of rotatable bonds is 5. The van der Waals surface area contributed by atoms with Crippen molar-refractivity contribution in [3.05, 3.63) is 164 Å². The molecule has 0 N–H and O–H groups in total. The van der Waals surface area contributed by atoms with Crippen molar-refractivity contribution in [1.82, 2.24) is 15.0 Å². The van der Waals surface area contributed by atoms with Crippen LogP contribution in [0.25, 0.3) is 100 Å². The van der Waals surface area contributed by atoms with Crippen molar-refractivity contribution >= 4 is 44.0 Å². The molecule has 4 heterocycles. The Balaban J connectivity index is 1.24. The highest BCUT2D eigenvalue weighted by Crippen LogP contribution is 2.40. The van der Waals surface area contributed by atoms with Crippen molar-refractivity contribution in [2.45, 2.75) is 0 Å². The molecule has 5 heteroatoms. The van der Waals surface area contributed by atoms with Gasteiger partial charge in [0.1, 0.15) is 22.3 Å². The van der Waals surface area contributed by atoms with E-state index < -0.39 is 0 Å². The smallest absolute Gasteiger partial charge is 0.161 e. The Morgan fingerprint density at radius 1 is 0.380 bits per heavy atom. The summed E-state index contributed by atoms with van der Waals surface area (Å²) < 4.78 is 12.7. The number of aromatic nitrogens is 3. The molecule has 0 radical (unpaired) electrons. The molecule has 10 rings (SSSR count). The number of pyridine rings is 1. The lowest BCUT2D eigenvalue weighted by Gasteiger charge is -2.13. The quantitative estimate of drug-likeness (QED) is 0.187. The molecule has 0 saturated heterocycles. The fraction of sp³-hybridized carbons (Fsp3) is 0. The minimum absolute atomic E-state index is 0.670. The van der Waals surface area contributed by atoms with Gasteiger partial charge in [-0.2, -0.15) is 0 Å². The number of furan rings is 2. The highest BCUT2D eigenvalue weighted by Gasteiger charge is 2.18. The molecule has 0 aliphatic carbocycles. The van der Waals surface area contributed by atoms with Crippen LogP contribution in [0.15, 0.2) is 173 Å². The van der Waals surface area contributed by atoms with Crippen LogP contribution in [0.4, 0.5) is 0 Å². The number of para-hydroxylation sites is 2. The van der Waals surface area contributed by atoms with Crippen LogP contribution in [0.2, 0.25) is 0 Å². The van der Waals surface area contributed by atoms with Crippen molar-refractivity contribution in [3.63, 3.8) is 0 Å². The Hall–Kier alpha value is -6.85. The molecule has 0 unspecified atom stereocenters. The number of nitrogens with zero attached hydrogens (tertiary/aromatic N) is 3. The van der Waals surface area contributed by atoms with Gasteiger partial charge in [0, 0.05) is 44.6 Å². The Labute approximate surface area is 287 Å². The van der Waals surface area contributed by atoms with Gasteiger partial charge in [0.15, 0.2) is 11.4 Å². The van der Waals surface area contributed by atoms with Gasteiger partial charge in [0.25, 0.3) is 0 Å². The first kappa shape index (κ1) is 28.2. The predicted octanol–water partition coefficient (Wildman–Crippen LogP) is 12.0. The molecule has 0 fully saturated rings. The maximum atomic E-state index is 6.48. The molecule has 0 amide bonds. The third kappa shape index (κ3) is 4.75. The zero-order valence-corrected chi connectivity index (χ0v) is 26.7. The summed E-state index contributed by atoms with van der Waals surface area (Å²) in [6, 6.07) is 53.8. The molecule has 0 saturated carbocycles. The van der Waals surface area contributed by atoms with Crippen LogP contribution >= 0.6 is 0 Å². The zero-order chi connectivity index (χ0) is 33.0. The normalized spacial score (nSPS) is 11.6. The molecule has 5 nitrogen and oxygen atoms in total. The van der Waals surface area contributed by atoms with E-state index in [9.17, 15) is 0 Å². The average Bonchev–Trinajstić information content (AvgIpc) is 3.76. The number of hydrogen-bond acceptors (Lipinski definition) is 5. The van der Waals surface area contributed by atoms with Crippen LogP contribution in [0, 0.1) is 0 Å². The maximum Gasteiger partial charge on any atom is 0.161 e. The van der Waals surface area contributed by atoms with Gasteiger partial charge >= 0.3 is 0 Å². The molecule has 0 aliphatic rings. The van der Waals surface area contributed by atoms with Crippen LogP contribution in [0.1, 0.15) is 0 Å². The molecule has 0 atom stereocenters. The van der Waals surface area contributed by atoms with E-state index in [1.54, 1.807) is 0 Å². The van der Waals surface area contributed by atoms with E-state index in [0.717, 1.165) is 94.3 Å². The summed E-state index contributed by atoms with van der Waals surface area (Å²) in [5.74, 6) is 0.670. The second kappa shape index (κ2) is 11.4. The Morgan fingerprint density at radius 3 is 1.80 bits per heavy atom. The van der Waals surface area contributed by atoms with Gasteiger partial charge in [0.05, 0.1) is 11.4 Å². The topological polar surface area (TPSA) is 65.0 Å². The number of fused-ring (bicyclic) bond motifs is 6. The van der Waals surface area contributed by atoms with Crippen molar-refractivity contribution in [1.29, 1.82) is 0 Å². The average molecular weight is 642 g/mol. The van der Waals surface area contributed by atoms with Crippen LogP contribution < -0.4 is 0 Å². The number of hydrogen-bond donors (Lipinski definition) is 0. The third-order valence-electron chi connectivity index (χ3n) is 9.34. The zero-order valence-electron chi connectivity index (χ0n) is 26.7. The molecule has 234 valence electrons. The Kier molecular flexibility index (Phi) is 6.42. The van der Waals surface area contributed by atoms with E-state index in [1.165, 1.54) is 0 Å². The molecule has 6 aromatic carbocycles. The maximum absolute atomic E-state index is 6.48. The van der Waals surface area contributed by atoms with E-state index in [1.807, 2.05) is 79.0 Å². The Bertz CT molecular complexity index is 2810. The second-order valence-corrected chi connectivity index (χ2v) is 12.4. The van der Waals surface area contributed by atoms with Gasteiger partial charge in [0.2, 0.25) is 0 Å². The largest absolute Gasteiger partial charge is 0.456 e. The molecule has 0 aliphatic heterocycles. The molecule has 50 heavy (non-hydrogen) atoms. The summed E-state index contributed by atoms with van der Waals surface area (Å²) >= 11 is 0. The summed E-state index contributed by atoms with van der Waals surface area (Å²) in [5, 5.41) is 3.16. The van der Waals surface area contributed by atoms with E-state index in [2.05, 4.69) is 84.9 Å². The highest BCUT2D eigenvalue weighted by molar-refractivity contribution is 6.08. The monoisotopic (exact) mass is 641 g/mol. The lowest BCUT2D eigenvalue weighted by atomic mass is 9.93. The van der Waals surface area contributed by atoms with Crippen LogP contribution in [0.5, 0.6) is 0 Å². The predicted molar refractivity (Wildman–Crippen MR) is 202 cm³/mol. The Morgan fingerprint density at radius 2 is 1.00 bits per heavy atom. The summed E-state index contributed by atoms with van der Waals surface area (Å²) in [6.45, 7) is 0. The van der Waals surface area contributed by atoms with Gasteiger partial charge in [-0.05, 0) is 77.4 Å².